The molecule has 0 aromatic heterocycles. The van der Waals surface area contributed by atoms with E-state index in [1.807, 2.05) is 31.4 Å². The Morgan fingerprint density at radius 3 is 2.89 bits per heavy atom. The molecule has 0 aliphatic rings. The Balaban J connectivity index is 2.50. The minimum atomic E-state index is -0.431. The minimum absolute atomic E-state index is 0.103. The van der Waals surface area contributed by atoms with Gasteiger partial charge in [0, 0.05) is 6.54 Å². The SMILES string of the molecule is COc1cc(CNC(=O)[C@@H](N)CCSC)ccc1C. The Morgan fingerprint density at radius 1 is 1.53 bits per heavy atom. The zero-order valence-electron chi connectivity index (χ0n) is 11.7. The van der Waals surface area contributed by atoms with Crippen LogP contribution in [0.1, 0.15) is 17.5 Å². The van der Waals surface area contributed by atoms with Gasteiger partial charge in [-0.1, -0.05) is 12.1 Å². The summed E-state index contributed by atoms with van der Waals surface area (Å²) in [6.07, 6.45) is 2.70. The molecule has 0 radical (unpaired) electrons. The van der Waals surface area contributed by atoms with Gasteiger partial charge < -0.3 is 15.8 Å². The van der Waals surface area contributed by atoms with Crippen LogP contribution in [0.3, 0.4) is 0 Å². The third kappa shape index (κ3) is 5.12. The van der Waals surface area contributed by atoms with Crippen LogP contribution in [0.2, 0.25) is 0 Å². The summed E-state index contributed by atoms with van der Waals surface area (Å²) in [5, 5.41) is 2.85. The molecule has 1 aromatic carbocycles. The molecule has 1 amide bonds. The van der Waals surface area contributed by atoms with E-state index >= 15 is 0 Å². The maximum atomic E-state index is 11.8. The predicted octanol–water partition coefficient (Wildman–Crippen LogP) is 1.70. The second-order valence-corrected chi connectivity index (χ2v) is 5.40. The Bertz CT molecular complexity index is 424. The first-order valence-corrected chi connectivity index (χ1v) is 7.63. The van der Waals surface area contributed by atoms with Crippen molar-refractivity contribution in [2.24, 2.45) is 5.73 Å². The van der Waals surface area contributed by atoms with Gasteiger partial charge >= 0.3 is 0 Å². The molecule has 0 unspecified atom stereocenters. The Labute approximate surface area is 119 Å². The highest BCUT2D eigenvalue weighted by atomic mass is 32.2. The lowest BCUT2D eigenvalue weighted by Crippen LogP contribution is -2.40. The second-order valence-electron chi connectivity index (χ2n) is 4.41. The third-order valence-electron chi connectivity index (χ3n) is 2.91. The number of carbonyl (C=O) groups excluding carboxylic acids is 1. The van der Waals surface area contributed by atoms with Crippen LogP contribution in [0.25, 0.3) is 0 Å². The van der Waals surface area contributed by atoms with Crippen molar-refractivity contribution in [2.45, 2.75) is 25.9 Å². The van der Waals surface area contributed by atoms with Crippen molar-refractivity contribution in [2.75, 3.05) is 19.1 Å². The zero-order valence-corrected chi connectivity index (χ0v) is 12.5. The highest BCUT2D eigenvalue weighted by molar-refractivity contribution is 7.98. The number of hydrogen-bond donors (Lipinski definition) is 2. The fraction of sp³-hybridized carbons (Fsp3) is 0.500. The van der Waals surface area contributed by atoms with Crippen LogP contribution in [0.15, 0.2) is 18.2 Å². The minimum Gasteiger partial charge on any atom is -0.496 e. The number of carbonyl (C=O) groups is 1. The topological polar surface area (TPSA) is 64.3 Å². The van der Waals surface area contributed by atoms with Gasteiger partial charge in [-0.25, -0.2) is 0 Å². The lowest BCUT2D eigenvalue weighted by Gasteiger charge is -2.12. The van der Waals surface area contributed by atoms with Crippen molar-refractivity contribution in [1.82, 2.24) is 5.32 Å². The molecular weight excluding hydrogens is 260 g/mol. The Morgan fingerprint density at radius 2 is 2.26 bits per heavy atom. The number of aryl methyl sites for hydroxylation is 1. The van der Waals surface area contributed by atoms with Crippen LogP contribution in [-0.2, 0) is 11.3 Å². The van der Waals surface area contributed by atoms with Crippen molar-refractivity contribution in [3.63, 3.8) is 0 Å². The summed E-state index contributed by atoms with van der Waals surface area (Å²) in [7, 11) is 1.64. The summed E-state index contributed by atoms with van der Waals surface area (Å²) in [6, 6.07) is 5.46. The van der Waals surface area contributed by atoms with Crippen molar-refractivity contribution >= 4 is 17.7 Å². The van der Waals surface area contributed by atoms with Crippen molar-refractivity contribution < 1.29 is 9.53 Å². The van der Waals surface area contributed by atoms with Gasteiger partial charge in [-0.2, -0.15) is 11.8 Å². The molecule has 4 nitrogen and oxygen atoms in total. The molecule has 0 saturated carbocycles. The molecule has 1 rings (SSSR count). The van der Waals surface area contributed by atoms with E-state index in [1.54, 1.807) is 18.9 Å². The summed E-state index contributed by atoms with van der Waals surface area (Å²) >= 11 is 1.69. The van der Waals surface area contributed by atoms with E-state index < -0.39 is 6.04 Å². The van der Waals surface area contributed by atoms with Crippen LogP contribution in [0.5, 0.6) is 5.75 Å². The van der Waals surface area contributed by atoms with Crippen molar-refractivity contribution in [3.05, 3.63) is 29.3 Å². The molecule has 5 heteroatoms. The highest BCUT2D eigenvalue weighted by Gasteiger charge is 2.12. The lowest BCUT2D eigenvalue weighted by molar-refractivity contribution is -0.122. The molecule has 1 aromatic rings. The van der Waals surface area contributed by atoms with Gasteiger partial charge in [0.25, 0.3) is 0 Å². The average molecular weight is 282 g/mol. The van der Waals surface area contributed by atoms with E-state index in [1.165, 1.54) is 0 Å². The van der Waals surface area contributed by atoms with Gasteiger partial charge in [-0.15, -0.1) is 0 Å². The van der Waals surface area contributed by atoms with Crippen LogP contribution in [0.4, 0.5) is 0 Å². The van der Waals surface area contributed by atoms with Gasteiger partial charge in [-0.05, 0) is 42.5 Å². The number of nitrogens with one attached hydrogen (secondary N) is 1. The second kappa shape index (κ2) is 8.07. The van der Waals surface area contributed by atoms with Gasteiger partial charge in [0.15, 0.2) is 0 Å². The fourth-order valence-electron chi connectivity index (χ4n) is 1.67. The van der Waals surface area contributed by atoms with Crippen LogP contribution < -0.4 is 15.8 Å². The molecule has 0 saturated heterocycles. The molecule has 1 atom stereocenters. The summed E-state index contributed by atoms with van der Waals surface area (Å²) < 4.78 is 5.25. The average Bonchev–Trinajstić information content (AvgIpc) is 2.43. The van der Waals surface area contributed by atoms with Crippen LogP contribution in [0, 0.1) is 6.92 Å². The van der Waals surface area contributed by atoms with Crippen LogP contribution >= 0.6 is 11.8 Å². The quantitative estimate of drug-likeness (QED) is 0.799. The molecule has 106 valence electrons. The van der Waals surface area contributed by atoms with E-state index in [0.717, 1.165) is 22.6 Å². The standard InChI is InChI=1S/C14H22N2O2S/c1-10-4-5-11(8-13(10)18-2)9-16-14(17)12(15)6-7-19-3/h4-5,8,12H,6-7,9,15H2,1-3H3,(H,16,17)/t12-/m0/s1. The maximum absolute atomic E-state index is 11.8. The van der Waals surface area contributed by atoms with E-state index in [-0.39, 0.29) is 5.91 Å². The molecule has 19 heavy (non-hydrogen) atoms. The first kappa shape index (κ1) is 15.9. The van der Waals surface area contributed by atoms with E-state index in [0.29, 0.717) is 13.0 Å². The molecular formula is C14H22N2O2S. The number of hydrogen-bond acceptors (Lipinski definition) is 4. The number of thioether (sulfide) groups is 1. The van der Waals surface area contributed by atoms with Gasteiger partial charge in [0.1, 0.15) is 5.75 Å². The molecule has 0 aliphatic carbocycles. The van der Waals surface area contributed by atoms with Crippen LogP contribution in [-0.4, -0.2) is 31.1 Å². The van der Waals surface area contributed by atoms with Gasteiger partial charge in [-0.3, -0.25) is 4.79 Å². The molecule has 0 spiro atoms. The largest absolute Gasteiger partial charge is 0.496 e. The number of benzene rings is 1. The number of rotatable bonds is 7. The molecule has 3 N–H and O–H groups in total. The summed E-state index contributed by atoms with van der Waals surface area (Å²) in [5.74, 6) is 1.62. The first-order valence-electron chi connectivity index (χ1n) is 6.24. The van der Waals surface area contributed by atoms with Crippen molar-refractivity contribution in [1.29, 1.82) is 0 Å². The third-order valence-corrected chi connectivity index (χ3v) is 3.55. The predicted molar refractivity (Wildman–Crippen MR) is 80.6 cm³/mol. The van der Waals surface area contributed by atoms with Crippen molar-refractivity contribution in [3.8, 4) is 5.75 Å². The first-order chi connectivity index (χ1) is 9.08. The van der Waals surface area contributed by atoms with E-state index in [4.69, 9.17) is 10.5 Å². The molecule has 0 bridgehead atoms. The fourth-order valence-corrected chi connectivity index (χ4v) is 2.16. The highest BCUT2D eigenvalue weighted by Crippen LogP contribution is 2.18. The monoisotopic (exact) mass is 282 g/mol. The molecule has 0 fully saturated rings. The summed E-state index contributed by atoms with van der Waals surface area (Å²) in [4.78, 5) is 11.8. The molecule has 0 heterocycles. The number of nitrogens with two attached hydrogens (primary N) is 1. The number of amides is 1. The Kier molecular flexibility index (Phi) is 6.73. The summed E-state index contributed by atoms with van der Waals surface area (Å²) in [6.45, 7) is 2.46. The van der Waals surface area contributed by atoms with E-state index in [9.17, 15) is 4.79 Å². The van der Waals surface area contributed by atoms with Gasteiger partial charge in [0.05, 0.1) is 13.2 Å². The number of ether oxygens (including phenoxy) is 1. The smallest absolute Gasteiger partial charge is 0.237 e. The maximum Gasteiger partial charge on any atom is 0.237 e. The molecule has 0 aliphatic heterocycles. The normalized spacial score (nSPS) is 12.0. The summed E-state index contributed by atoms with van der Waals surface area (Å²) in [5.41, 5.74) is 7.88. The van der Waals surface area contributed by atoms with Gasteiger partial charge in [0.2, 0.25) is 5.91 Å². The zero-order chi connectivity index (χ0) is 14.3. The Hall–Kier alpha value is -1.20. The van der Waals surface area contributed by atoms with E-state index in [2.05, 4.69) is 5.32 Å². The number of methoxy groups -OCH3 is 1. The lowest BCUT2D eigenvalue weighted by atomic mass is 10.1.